The number of aliphatic hydroxyl groups excluding tert-OH is 1. The molecule has 2 aromatic rings. The number of fused-ring (bicyclic) bond motifs is 1. The van der Waals surface area contributed by atoms with Crippen molar-refractivity contribution in [2.45, 2.75) is 58.2 Å². The van der Waals surface area contributed by atoms with Crippen LogP contribution in [-0.4, -0.2) is 31.6 Å². The predicted octanol–water partition coefficient (Wildman–Crippen LogP) is 6.16. The number of benzene rings is 1. The number of aliphatic hydroxyl groups is 1. The van der Waals surface area contributed by atoms with Crippen LogP contribution in [0.15, 0.2) is 30.9 Å². The zero-order valence-corrected chi connectivity index (χ0v) is 18.6. The lowest BCUT2D eigenvalue weighted by Gasteiger charge is -2.36. The van der Waals surface area contributed by atoms with Gasteiger partial charge < -0.3 is 14.5 Å². The third-order valence-electron chi connectivity index (χ3n) is 5.61. The van der Waals surface area contributed by atoms with E-state index in [1.54, 1.807) is 0 Å². The van der Waals surface area contributed by atoms with Crippen molar-refractivity contribution in [1.82, 2.24) is 4.98 Å². The highest BCUT2D eigenvalue weighted by atomic mass is 28.4. The topological polar surface area (TPSA) is 45.2 Å². The minimum Gasteiger partial charge on any atom is -0.416 e. The first-order chi connectivity index (χ1) is 12.7. The van der Waals surface area contributed by atoms with Crippen molar-refractivity contribution < 1.29 is 9.53 Å². The minimum atomic E-state index is -1.70. The number of nitrogens with one attached hydrogen (secondary N) is 1. The molecule has 148 valence electrons. The number of aromatic amines is 1. The summed E-state index contributed by atoms with van der Waals surface area (Å²) >= 11 is 0. The van der Waals surface area contributed by atoms with E-state index in [0.29, 0.717) is 0 Å². The molecule has 0 radical (unpaired) electrons. The maximum Gasteiger partial charge on any atom is 0.191 e. The summed E-state index contributed by atoms with van der Waals surface area (Å²) in [6, 6.07) is 6.49. The van der Waals surface area contributed by atoms with Crippen LogP contribution in [0, 0.1) is 0 Å². The Kier molecular flexibility index (Phi) is 7.26. The molecule has 27 heavy (non-hydrogen) atoms. The summed E-state index contributed by atoms with van der Waals surface area (Å²) in [5.74, 6) is 0. The van der Waals surface area contributed by atoms with Gasteiger partial charge in [0.15, 0.2) is 8.32 Å². The molecule has 1 aromatic carbocycles. The summed E-state index contributed by atoms with van der Waals surface area (Å²) in [5.41, 5.74) is 4.66. The summed E-state index contributed by atoms with van der Waals surface area (Å²) in [5, 5.41) is 10.4. The summed E-state index contributed by atoms with van der Waals surface area (Å²) in [6.45, 7) is 16.4. The van der Waals surface area contributed by atoms with Crippen LogP contribution in [0.1, 0.15) is 50.4 Å². The second-order valence-corrected chi connectivity index (χ2v) is 13.5. The van der Waals surface area contributed by atoms with E-state index in [0.717, 1.165) is 36.9 Å². The van der Waals surface area contributed by atoms with E-state index in [1.807, 2.05) is 6.08 Å². The number of H-pyrrole nitrogens is 1. The van der Waals surface area contributed by atoms with Crippen molar-refractivity contribution in [3.05, 3.63) is 47.7 Å². The van der Waals surface area contributed by atoms with Gasteiger partial charge in [0, 0.05) is 36.2 Å². The lowest BCUT2D eigenvalue weighted by molar-refractivity contribution is 0.289. The molecule has 0 amide bonds. The molecule has 0 aliphatic rings. The van der Waals surface area contributed by atoms with Gasteiger partial charge in [-0.25, -0.2) is 0 Å². The Labute approximate surface area is 165 Å². The molecule has 0 fully saturated rings. The van der Waals surface area contributed by atoms with Crippen LogP contribution in [0.5, 0.6) is 0 Å². The first kappa shape index (κ1) is 21.7. The van der Waals surface area contributed by atoms with E-state index in [4.69, 9.17) is 9.53 Å². The Bertz CT molecular complexity index is 797. The fourth-order valence-electron chi connectivity index (χ4n) is 2.86. The van der Waals surface area contributed by atoms with E-state index in [9.17, 15) is 0 Å². The third-order valence-corrected chi connectivity index (χ3v) is 10.1. The van der Waals surface area contributed by atoms with Gasteiger partial charge in [0.2, 0.25) is 0 Å². The lowest BCUT2D eigenvalue weighted by atomic mass is 10.0. The predicted molar refractivity (Wildman–Crippen MR) is 121 cm³/mol. The molecule has 0 unspecified atom stereocenters. The van der Waals surface area contributed by atoms with Crippen molar-refractivity contribution in [2.24, 2.45) is 0 Å². The highest BCUT2D eigenvalue weighted by Gasteiger charge is 2.36. The van der Waals surface area contributed by atoms with Crippen LogP contribution in [0.4, 0.5) is 0 Å². The van der Waals surface area contributed by atoms with Crippen molar-refractivity contribution in [3.63, 3.8) is 0 Å². The lowest BCUT2D eigenvalue weighted by Crippen LogP contribution is -2.41. The largest absolute Gasteiger partial charge is 0.416 e. The van der Waals surface area contributed by atoms with E-state index in [2.05, 4.69) is 75.8 Å². The SMILES string of the molecule is C=Cc1c(C=CCCCO)ccc2[nH]c(CCO[Si](C)(C)C(C)(C)C)cc12. The van der Waals surface area contributed by atoms with Gasteiger partial charge in [-0.05, 0) is 54.2 Å². The highest BCUT2D eigenvalue weighted by molar-refractivity contribution is 6.74. The van der Waals surface area contributed by atoms with Gasteiger partial charge in [-0.15, -0.1) is 0 Å². The van der Waals surface area contributed by atoms with Gasteiger partial charge in [-0.3, -0.25) is 0 Å². The Hall–Kier alpha value is -1.62. The monoisotopic (exact) mass is 385 g/mol. The molecule has 1 aromatic heterocycles. The molecule has 2 N–H and O–H groups in total. The number of hydrogen-bond acceptors (Lipinski definition) is 2. The maximum atomic E-state index is 8.91. The summed E-state index contributed by atoms with van der Waals surface area (Å²) in [7, 11) is -1.70. The molecule has 0 bridgehead atoms. The molecule has 3 nitrogen and oxygen atoms in total. The molecule has 2 rings (SSSR count). The molecule has 1 heterocycles. The molecular weight excluding hydrogens is 350 g/mol. The number of hydrogen-bond donors (Lipinski definition) is 2. The first-order valence-electron chi connectivity index (χ1n) is 9.88. The molecule has 0 aliphatic heterocycles. The van der Waals surface area contributed by atoms with Crippen molar-refractivity contribution in [2.75, 3.05) is 13.2 Å². The fraction of sp³-hybridized carbons (Fsp3) is 0.478. The van der Waals surface area contributed by atoms with Gasteiger partial charge >= 0.3 is 0 Å². The van der Waals surface area contributed by atoms with Crippen molar-refractivity contribution in [1.29, 1.82) is 0 Å². The fourth-order valence-corrected chi connectivity index (χ4v) is 3.91. The van der Waals surface area contributed by atoms with E-state index < -0.39 is 8.32 Å². The van der Waals surface area contributed by atoms with Gasteiger partial charge in [0.1, 0.15) is 0 Å². The van der Waals surface area contributed by atoms with E-state index >= 15 is 0 Å². The third kappa shape index (κ3) is 5.44. The number of aromatic nitrogens is 1. The Balaban J connectivity index is 2.14. The van der Waals surface area contributed by atoms with Crippen LogP contribution in [0.25, 0.3) is 23.1 Å². The minimum absolute atomic E-state index is 0.232. The first-order valence-corrected chi connectivity index (χ1v) is 12.8. The standard InChI is InChI=1S/C23H35NO2Si/c1-7-20-18(11-9-8-10-15-25)12-13-22-21(20)17-19(24-22)14-16-26-27(5,6)23(2,3)4/h7,9,11-13,17,24-25H,1,8,10,14-16H2,2-6H3. The van der Waals surface area contributed by atoms with Gasteiger partial charge in [0.25, 0.3) is 0 Å². The zero-order chi connectivity index (χ0) is 20.1. The molecule has 0 saturated heterocycles. The van der Waals surface area contributed by atoms with Crippen LogP contribution in [0.3, 0.4) is 0 Å². The number of unbranched alkanes of at least 4 members (excludes halogenated alkanes) is 1. The Morgan fingerprint density at radius 1 is 1.26 bits per heavy atom. The average Bonchev–Trinajstić information content (AvgIpc) is 3.00. The van der Waals surface area contributed by atoms with Gasteiger partial charge in [-0.1, -0.05) is 51.6 Å². The van der Waals surface area contributed by atoms with Crippen LogP contribution in [-0.2, 0) is 10.8 Å². The molecule has 0 aliphatic carbocycles. The summed E-state index contributed by atoms with van der Waals surface area (Å²) < 4.78 is 6.32. The Morgan fingerprint density at radius 3 is 2.63 bits per heavy atom. The smallest absolute Gasteiger partial charge is 0.191 e. The van der Waals surface area contributed by atoms with Crippen molar-refractivity contribution >= 4 is 31.4 Å². The van der Waals surface area contributed by atoms with E-state index in [-0.39, 0.29) is 11.6 Å². The van der Waals surface area contributed by atoms with E-state index in [1.165, 1.54) is 16.6 Å². The second-order valence-electron chi connectivity index (χ2n) is 8.66. The summed E-state index contributed by atoms with van der Waals surface area (Å²) in [6.07, 6.45) is 8.74. The second kappa shape index (κ2) is 9.05. The maximum absolute atomic E-state index is 8.91. The average molecular weight is 386 g/mol. The van der Waals surface area contributed by atoms with Gasteiger partial charge in [-0.2, -0.15) is 0 Å². The van der Waals surface area contributed by atoms with Gasteiger partial charge in [0.05, 0.1) is 0 Å². The van der Waals surface area contributed by atoms with Crippen molar-refractivity contribution in [3.8, 4) is 0 Å². The highest BCUT2D eigenvalue weighted by Crippen LogP contribution is 2.36. The normalized spacial score (nSPS) is 13.0. The summed E-state index contributed by atoms with van der Waals surface area (Å²) in [4.78, 5) is 3.53. The molecule has 0 atom stereocenters. The Morgan fingerprint density at radius 2 is 2.00 bits per heavy atom. The molecule has 4 heteroatoms. The molecule has 0 saturated carbocycles. The number of allylic oxidation sites excluding steroid dienone is 1. The van der Waals surface area contributed by atoms with Crippen LogP contribution in [0.2, 0.25) is 18.1 Å². The molecule has 0 spiro atoms. The quantitative estimate of drug-likeness (QED) is 0.401. The zero-order valence-electron chi connectivity index (χ0n) is 17.6. The molecular formula is C23H35NO2Si. The van der Waals surface area contributed by atoms with Crippen LogP contribution < -0.4 is 0 Å². The van der Waals surface area contributed by atoms with Crippen LogP contribution >= 0.6 is 0 Å². The number of rotatable bonds is 9.